The molecular weight excluding hydrogens is 466 g/mol. The van der Waals surface area contributed by atoms with Gasteiger partial charge in [-0.3, -0.25) is 4.79 Å². The maximum atomic E-state index is 13.3. The first-order chi connectivity index (χ1) is 16.9. The zero-order chi connectivity index (χ0) is 24.7. The van der Waals surface area contributed by atoms with Gasteiger partial charge in [-0.05, 0) is 48.4 Å². The van der Waals surface area contributed by atoms with Crippen LogP contribution in [-0.2, 0) is 11.2 Å². The maximum Gasteiger partial charge on any atom is 0.471 e. The van der Waals surface area contributed by atoms with Crippen LogP contribution < -0.4 is 21.2 Å². The molecule has 0 unspecified atom stereocenters. The number of benzene rings is 4. The lowest BCUT2D eigenvalue weighted by Gasteiger charge is -2.31. The SMILES string of the molecule is O=C(N[C@@H](Cc1ccccc1)C[P+](c1ccccc1)(c1ccccc1)c1ccccc1)C(F)(F)F. The molecule has 0 radical (unpaired) electrons. The standard InChI is InChI=1S/C29H25F3NOP/c30-29(31,32)28(34)33-24(21-23-13-5-1-6-14-23)22-35(25-15-7-2-8-16-25,26-17-9-3-10-18-26)27-19-11-4-12-20-27/h1-20,24H,21-22H2/p+1/t24-/m0/s1. The highest BCUT2D eigenvalue weighted by molar-refractivity contribution is 7.95. The number of alkyl halides is 3. The van der Waals surface area contributed by atoms with E-state index in [-0.39, 0.29) is 6.42 Å². The summed E-state index contributed by atoms with van der Waals surface area (Å²) in [7, 11) is -2.44. The lowest BCUT2D eigenvalue weighted by Crippen LogP contribution is -2.49. The molecule has 0 saturated heterocycles. The highest BCUT2D eigenvalue weighted by atomic mass is 31.2. The van der Waals surface area contributed by atoms with Crippen molar-refractivity contribution in [2.45, 2.75) is 18.6 Å². The van der Waals surface area contributed by atoms with E-state index in [1.807, 2.05) is 121 Å². The molecule has 35 heavy (non-hydrogen) atoms. The molecule has 178 valence electrons. The quantitative estimate of drug-likeness (QED) is 0.334. The van der Waals surface area contributed by atoms with Gasteiger partial charge in [0.25, 0.3) is 0 Å². The van der Waals surface area contributed by atoms with Crippen LogP contribution in [0.15, 0.2) is 121 Å². The Morgan fingerprint density at radius 2 is 1.03 bits per heavy atom. The Morgan fingerprint density at radius 1 is 0.657 bits per heavy atom. The number of carbonyl (C=O) groups is 1. The second kappa shape index (κ2) is 10.9. The number of nitrogens with one attached hydrogen (secondary N) is 1. The summed E-state index contributed by atoms with van der Waals surface area (Å²) >= 11 is 0. The van der Waals surface area contributed by atoms with Crippen LogP contribution in [0.4, 0.5) is 13.2 Å². The van der Waals surface area contributed by atoms with Crippen LogP contribution in [0.3, 0.4) is 0 Å². The number of amides is 1. The van der Waals surface area contributed by atoms with Crippen molar-refractivity contribution in [3.63, 3.8) is 0 Å². The normalized spacial score (nSPS) is 12.7. The van der Waals surface area contributed by atoms with Gasteiger partial charge in [-0.15, -0.1) is 0 Å². The Hall–Kier alpha value is -3.43. The molecule has 1 N–H and O–H groups in total. The van der Waals surface area contributed by atoms with Crippen LogP contribution >= 0.6 is 7.26 Å². The Morgan fingerprint density at radius 3 is 1.40 bits per heavy atom. The van der Waals surface area contributed by atoms with Crippen molar-refractivity contribution in [2.24, 2.45) is 0 Å². The summed E-state index contributed by atoms with van der Waals surface area (Å²) in [6, 6.07) is 38.4. The van der Waals surface area contributed by atoms with Gasteiger partial charge in [0.1, 0.15) is 23.2 Å². The van der Waals surface area contributed by atoms with Crippen LogP contribution in [0.2, 0.25) is 0 Å². The van der Waals surface area contributed by atoms with Gasteiger partial charge in [-0.2, -0.15) is 13.2 Å². The monoisotopic (exact) mass is 492 g/mol. The van der Waals surface area contributed by atoms with E-state index < -0.39 is 25.4 Å². The van der Waals surface area contributed by atoms with Crippen molar-refractivity contribution < 1.29 is 18.0 Å². The lowest BCUT2D eigenvalue weighted by molar-refractivity contribution is -0.174. The average Bonchev–Trinajstić information content (AvgIpc) is 2.89. The molecule has 0 aromatic heterocycles. The van der Waals surface area contributed by atoms with Crippen molar-refractivity contribution >= 4 is 29.1 Å². The molecule has 0 aliphatic heterocycles. The van der Waals surface area contributed by atoms with E-state index in [4.69, 9.17) is 0 Å². The van der Waals surface area contributed by atoms with E-state index >= 15 is 0 Å². The molecule has 0 fully saturated rings. The van der Waals surface area contributed by atoms with E-state index in [1.165, 1.54) is 0 Å². The van der Waals surface area contributed by atoms with Crippen LogP contribution in [0, 0.1) is 0 Å². The summed E-state index contributed by atoms with van der Waals surface area (Å²) in [5.74, 6) is -1.91. The predicted octanol–water partition coefficient (Wildman–Crippen LogP) is 5.27. The molecule has 0 spiro atoms. The number of halogens is 3. The number of rotatable bonds is 8. The molecule has 4 rings (SSSR count). The zero-order valence-electron chi connectivity index (χ0n) is 19.0. The molecule has 6 heteroatoms. The molecule has 0 heterocycles. The van der Waals surface area contributed by atoms with E-state index in [2.05, 4.69) is 5.32 Å². The highest BCUT2D eigenvalue weighted by Gasteiger charge is 2.48. The summed E-state index contributed by atoms with van der Waals surface area (Å²) in [5.41, 5.74) is 0.868. The third kappa shape index (κ3) is 5.80. The highest BCUT2D eigenvalue weighted by Crippen LogP contribution is 2.56. The van der Waals surface area contributed by atoms with Gasteiger partial charge < -0.3 is 5.32 Å². The first kappa shape index (κ1) is 24.7. The van der Waals surface area contributed by atoms with E-state index in [9.17, 15) is 18.0 Å². The van der Waals surface area contributed by atoms with Crippen LogP contribution in [-0.4, -0.2) is 24.3 Å². The van der Waals surface area contributed by atoms with Gasteiger partial charge in [0.2, 0.25) is 0 Å². The molecule has 1 amide bonds. The van der Waals surface area contributed by atoms with Crippen molar-refractivity contribution in [1.82, 2.24) is 5.32 Å². The topological polar surface area (TPSA) is 29.1 Å². The second-order valence-electron chi connectivity index (χ2n) is 8.36. The Balaban J connectivity index is 1.88. The Kier molecular flexibility index (Phi) is 7.67. The van der Waals surface area contributed by atoms with Crippen molar-refractivity contribution in [3.05, 3.63) is 127 Å². The zero-order valence-corrected chi connectivity index (χ0v) is 19.9. The van der Waals surface area contributed by atoms with Gasteiger partial charge in [-0.1, -0.05) is 84.9 Å². The fourth-order valence-corrected chi connectivity index (χ4v) is 8.92. The minimum atomic E-state index is -4.96. The van der Waals surface area contributed by atoms with Gasteiger partial charge in [-0.25, -0.2) is 0 Å². The van der Waals surface area contributed by atoms with Crippen LogP contribution in [0.25, 0.3) is 0 Å². The minimum Gasteiger partial charge on any atom is -0.342 e. The molecule has 1 atom stereocenters. The number of carbonyl (C=O) groups excluding carboxylic acids is 1. The van der Waals surface area contributed by atoms with Crippen molar-refractivity contribution in [3.8, 4) is 0 Å². The average molecular weight is 493 g/mol. The lowest BCUT2D eigenvalue weighted by atomic mass is 10.1. The van der Waals surface area contributed by atoms with Crippen LogP contribution in [0.1, 0.15) is 5.56 Å². The Labute approximate surface area is 204 Å². The molecule has 4 aromatic rings. The maximum absolute atomic E-state index is 13.3. The molecule has 2 nitrogen and oxygen atoms in total. The summed E-state index contributed by atoms with van der Waals surface area (Å²) in [5, 5.41) is 5.49. The summed E-state index contributed by atoms with van der Waals surface area (Å²) < 4.78 is 40.0. The predicted molar refractivity (Wildman–Crippen MR) is 138 cm³/mol. The Bertz CT molecular complexity index is 1120. The van der Waals surface area contributed by atoms with E-state index in [0.29, 0.717) is 6.16 Å². The second-order valence-corrected chi connectivity index (χ2v) is 11.9. The summed E-state index contributed by atoms with van der Waals surface area (Å²) in [6.45, 7) is 0. The third-order valence-corrected chi connectivity index (χ3v) is 10.5. The summed E-state index contributed by atoms with van der Waals surface area (Å²) in [4.78, 5) is 12.1. The van der Waals surface area contributed by atoms with E-state index in [0.717, 1.165) is 21.5 Å². The van der Waals surface area contributed by atoms with Gasteiger partial charge in [0.05, 0.1) is 12.2 Å². The molecule has 0 bridgehead atoms. The first-order valence-corrected chi connectivity index (χ1v) is 13.3. The van der Waals surface area contributed by atoms with Crippen molar-refractivity contribution in [2.75, 3.05) is 6.16 Å². The fraction of sp³-hybridized carbons (Fsp3) is 0.138. The fourth-order valence-electron chi connectivity index (χ4n) is 4.47. The molecule has 4 aromatic carbocycles. The molecule has 0 aliphatic carbocycles. The van der Waals surface area contributed by atoms with Gasteiger partial charge in [0, 0.05) is 0 Å². The molecular formula is C29H26F3NOP+. The summed E-state index contributed by atoms with van der Waals surface area (Å²) in [6.07, 6.45) is -4.32. The first-order valence-electron chi connectivity index (χ1n) is 11.4. The minimum absolute atomic E-state index is 0.289. The smallest absolute Gasteiger partial charge is 0.342 e. The van der Waals surface area contributed by atoms with Gasteiger partial charge in [0.15, 0.2) is 0 Å². The van der Waals surface area contributed by atoms with Gasteiger partial charge >= 0.3 is 12.1 Å². The number of hydrogen-bond acceptors (Lipinski definition) is 1. The van der Waals surface area contributed by atoms with E-state index in [1.54, 1.807) is 0 Å². The number of hydrogen-bond donors (Lipinski definition) is 1. The third-order valence-electron chi connectivity index (χ3n) is 6.00. The molecule has 0 aliphatic rings. The van der Waals surface area contributed by atoms with Crippen molar-refractivity contribution in [1.29, 1.82) is 0 Å². The largest absolute Gasteiger partial charge is 0.471 e. The van der Waals surface area contributed by atoms with Crippen LogP contribution in [0.5, 0.6) is 0 Å². The molecule has 0 saturated carbocycles.